The molecule has 0 aromatic carbocycles. The van der Waals surface area contributed by atoms with Crippen LogP contribution in [0.1, 0.15) is 54.9 Å². The average molecular weight is 278 g/mol. The summed E-state index contributed by atoms with van der Waals surface area (Å²) in [5.74, 6) is 0.326. The number of rotatable bonds is 5. The molecule has 3 rings (SSSR count). The third-order valence-corrected chi connectivity index (χ3v) is 5.06. The lowest BCUT2D eigenvalue weighted by Crippen LogP contribution is -2.32. The van der Waals surface area contributed by atoms with Gasteiger partial charge in [-0.2, -0.15) is 0 Å². The third-order valence-electron chi connectivity index (χ3n) is 4.01. The minimum Gasteiger partial charge on any atom is -0.318 e. The van der Waals surface area contributed by atoms with Gasteiger partial charge in [-0.15, -0.1) is 11.3 Å². The van der Waals surface area contributed by atoms with Gasteiger partial charge in [-0.3, -0.25) is 10.1 Å². The predicted octanol–water partition coefficient (Wildman–Crippen LogP) is 3.21. The highest BCUT2D eigenvalue weighted by Gasteiger charge is 2.46. The van der Waals surface area contributed by atoms with Crippen LogP contribution in [0.3, 0.4) is 0 Å². The summed E-state index contributed by atoms with van der Waals surface area (Å²) < 4.78 is 0. The maximum Gasteiger partial charge on any atom is 0.241 e. The summed E-state index contributed by atoms with van der Waals surface area (Å²) >= 11 is 1.81. The van der Waals surface area contributed by atoms with Crippen LogP contribution in [0.2, 0.25) is 0 Å². The van der Waals surface area contributed by atoms with Gasteiger partial charge in [0.25, 0.3) is 0 Å². The summed E-state index contributed by atoms with van der Waals surface area (Å²) in [5, 5.41) is 3.56. The van der Waals surface area contributed by atoms with Gasteiger partial charge in [0.2, 0.25) is 5.91 Å². The Hall–Kier alpha value is -0.870. The van der Waals surface area contributed by atoms with Crippen LogP contribution >= 0.6 is 11.3 Å². The Balaban J connectivity index is 1.79. The molecule has 104 valence electrons. The van der Waals surface area contributed by atoms with Gasteiger partial charge in [-0.1, -0.05) is 19.8 Å². The van der Waals surface area contributed by atoms with Crippen molar-refractivity contribution >= 4 is 17.2 Å². The van der Waals surface area contributed by atoms with Crippen molar-refractivity contribution in [2.45, 2.75) is 64.2 Å². The molecular weight excluding hydrogens is 256 g/mol. The largest absolute Gasteiger partial charge is 0.318 e. The summed E-state index contributed by atoms with van der Waals surface area (Å²) in [6, 6.07) is 4.84. The highest BCUT2D eigenvalue weighted by atomic mass is 32.1. The number of hydrogen-bond donors (Lipinski definition) is 1. The Morgan fingerprint density at radius 3 is 2.79 bits per heavy atom. The van der Waals surface area contributed by atoms with Crippen LogP contribution in [0.5, 0.6) is 0 Å². The van der Waals surface area contributed by atoms with E-state index in [1.165, 1.54) is 22.6 Å². The van der Waals surface area contributed by atoms with E-state index in [2.05, 4.69) is 36.2 Å². The summed E-state index contributed by atoms with van der Waals surface area (Å²) in [7, 11) is 0. The smallest absolute Gasteiger partial charge is 0.241 e. The lowest BCUT2D eigenvalue weighted by Gasteiger charge is -2.22. The molecule has 1 amide bonds. The Bertz CT molecular complexity index is 466. The Morgan fingerprint density at radius 2 is 2.21 bits per heavy atom. The van der Waals surface area contributed by atoms with Crippen LogP contribution < -0.4 is 5.32 Å². The number of carbonyl (C=O) groups is 1. The fourth-order valence-corrected chi connectivity index (χ4v) is 3.76. The molecule has 1 N–H and O–H groups in total. The van der Waals surface area contributed by atoms with Gasteiger partial charge < -0.3 is 4.90 Å². The van der Waals surface area contributed by atoms with E-state index in [-0.39, 0.29) is 12.2 Å². The van der Waals surface area contributed by atoms with Crippen molar-refractivity contribution in [3.63, 3.8) is 0 Å². The first-order valence-electron chi connectivity index (χ1n) is 7.35. The van der Waals surface area contributed by atoms with Gasteiger partial charge in [0, 0.05) is 15.8 Å². The molecule has 2 heterocycles. The van der Waals surface area contributed by atoms with Crippen LogP contribution in [-0.2, 0) is 4.79 Å². The fraction of sp³-hybridized carbons (Fsp3) is 0.667. The molecule has 2 atom stereocenters. The minimum atomic E-state index is 0.0351. The zero-order valence-corrected chi connectivity index (χ0v) is 12.5. The molecule has 4 heteroatoms. The molecule has 0 spiro atoms. The van der Waals surface area contributed by atoms with Gasteiger partial charge >= 0.3 is 0 Å². The molecule has 1 aromatic rings. The summed E-state index contributed by atoms with van der Waals surface area (Å²) in [6.45, 7) is 4.30. The van der Waals surface area contributed by atoms with Gasteiger partial charge in [0.05, 0.1) is 6.04 Å². The highest BCUT2D eigenvalue weighted by Crippen LogP contribution is 2.39. The van der Waals surface area contributed by atoms with Crippen molar-refractivity contribution in [3.05, 3.63) is 21.9 Å². The first-order valence-corrected chi connectivity index (χ1v) is 8.17. The number of nitrogens with one attached hydrogen (secondary N) is 1. The number of carbonyl (C=O) groups excluding carboxylic acids is 1. The number of unbranched alkanes of at least 4 members (excludes halogenated alkanes) is 1. The molecule has 1 aromatic heterocycles. The van der Waals surface area contributed by atoms with Crippen molar-refractivity contribution in [2.75, 3.05) is 0 Å². The molecular formula is C15H22N2OS. The molecule has 2 fully saturated rings. The number of nitrogens with zero attached hydrogens (tertiary/aromatic N) is 1. The summed E-state index contributed by atoms with van der Waals surface area (Å²) in [6.07, 6.45) is 5.72. The second kappa shape index (κ2) is 5.25. The van der Waals surface area contributed by atoms with Gasteiger partial charge in [-0.05, 0) is 38.3 Å². The molecule has 2 aliphatic rings. The maximum absolute atomic E-state index is 12.6. The first-order chi connectivity index (χ1) is 9.20. The van der Waals surface area contributed by atoms with E-state index >= 15 is 0 Å². The third kappa shape index (κ3) is 2.56. The van der Waals surface area contributed by atoms with E-state index in [0.717, 1.165) is 19.3 Å². The van der Waals surface area contributed by atoms with Crippen LogP contribution in [0.15, 0.2) is 12.1 Å². The van der Waals surface area contributed by atoms with E-state index in [1.807, 2.05) is 0 Å². The molecule has 0 radical (unpaired) electrons. The quantitative estimate of drug-likeness (QED) is 0.897. The molecule has 1 saturated carbocycles. The van der Waals surface area contributed by atoms with Crippen molar-refractivity contribution in [1.82, 2.24) is 10.2 Å². The maximum atomic E-state index is 12.6. The molecule has 3 nitrogen and oxygen atoms in total. The second-order valence-corrected chi connectivity index (χ2v) is 7.01. The van der Waals surface area contributed by atoms with E-state index in [1.54, 1.807) is 11.3 Å². The van der Waals surface area contributed by atoms with Crippen LogP contribution in [0.4, 0.5) is 0 Å². The predicted molar refractivity (Wildman–Crippen MR) is 78.1 cm³/mol. The Kier molecular flexibility index (Phi) is 3.63. The second-order valence-electron chi connectivity index (χ2n) is 5.69. The van der Waals surface area contributed by atoms with Crippen LogP contribution in [-0.4, -0.2) is 22.9 Å². The SMILES string of the molecule is CCCCC1NC(c2ccc(C)s2)N(C2CC2)C1=O. The van der Waals surface area contributed by atoms with Gasteiger partial charge in [0.15, 0.2) is 0 Å². The summed E-state index contributed by atoms with van der Waals surface area (Å²) in [4.78, 5) is 17.3. The summed E-state index contributed by atoms with van der Waals surface area (Å²) in [5.41, 5.74) is 0. The monoisotopic (exact) mass is 278 g/mol. The van der Waals surface area contributed by atoms with Crippen molar-refractivity contribution in [3.8, 4) is 0 Å². The average Bonchev–Trinajstić information content (AvgIpc) is 3.05. The normalized spacial score (nSPS) is 27.3. The van der Waals surface area contributed by atoms with Crippen LogP contribution in [0.25, 0.3) is 0 Å². The molecule has 1 aliphatic carbocycles. The zero-order valence-electron chi connectivity index (χ0n) is 11.7. The number of amides is 1. The first kappa shape index (κ1) is 13.1. The molecule has 2 unspecified atom stereocenters. The fourth-order valence-electron chi connectivity index (χ4n) is 2.83. The molecule has 19 heavy (non-hydrogen) atoms. The highest BCUT2D eigenvalue weighted by molar-refractivity contribution is 7.12. The number of aryl methyl sites for hydroxylation is 1. The van der Waals surface area contributed by atoms with Gasteiger partial charge in [-0.25, -0.2) is 0 Å². The number of hydrogen-bond acceptors (Lipinski definition) is 3. The molecule has 1 aliphatic heterocycles. The van der Waals surface area contributed by atoms with Crippen molar-refractivity contribution in [1.29, 1.82) is 0 Å². The Morgan fingerprint density at radius 1 is 1.42 bits per heavy atom. The van der Waals surface area contributed by atoms with Crippen molar-refractivity contribution < 1.29 is 4.79 Å². The van der Waals surface area contributed by atoms with Gasteiger partial charge in [0.1, 0.15) is 6.17 Å². The molecule has 1 saturated heterocycles. The lowest BCUT2D eigenvalue weighted by molar-refractivity contribution is -0.130. The zero-order chi connectivity index (χ0) is 13.4. The van der Waals surface area contributed by atoms with E-state index in [0.29, 0.717) is 11.9 Å². The number of thiophene rings is 1. The molecule has 0 bridgehead atoms. The lowest BCUT2D eigenvalue weighted by atomic mass is 10.1. The topological polar surface area (TPSA) is 32.3 Å². The Labute approximate surface area is 119 Å². The van der Waals surface area contributed by atoms with E-state index in [4.69, 9.17) is 0 Å². The van der Waals surface area contributed by atoms with Crippen LogP contribution in [0, 0.1) is 6.92 Å². The van der Waals surface area contributed by atoms with E-state index in [9.17, 15) is 4.79 Å². The minimum absolute atomic E-state index is 0.0351. The van der Waals surface area contributed by atoms with E-state index < -0.39 is 0 Å². The standard InChI is InChI=1S/C15H22N2OS/c1-3-4-5-12-15(18)17(11-7-8-11)14(16-12)13-9-6-10(2)19-13/h6,9,11-12,14,16H,3-5,7-8H2,1-2H3. The van der Waals surface area contributed by atoms with Crippen molar-refractivity contribution in [2.24, 2.45) is 0 Å².